The monoisotopic (exact) mass is 621 g/mol. The zero-order chi connectivity index (χ0) is 25.7. The molecule has 1 aliphatic heterocycles. The first-order chi connectivity index (χ1) is 16.7. The zero-order valence-corrected chi connectivity index (χ0v) is 23.0. The Kier molecular flexibility index (Phi) is 8.99. The minimum absolute atomic E-state index is 0.0577. The summed E-state index contributed by atoms with van der Waals surface area (Å²) < 4.78 is 11.6. The van der Waals surface area contributed by atoms with Crippen molar-refractivity contribution in [3.8, 4) is 11.8 Å². The minimum Gasteiger partial charge on any atom is -0.496 e. The van der Waals surface area contributed by atoms with E-state index in [1.165, 1.54) is 14.2 Å². The molecule has 1 aliphatic rings. The van der Waals surface area contributed by atoms with Gasteiger partial charge in [-0.25, -0.2) is 0 Å². The van der Waals surface area contributed by atoms with Crippen LogP contribution in [-0.2, 0) is 19.1 Å². The lowest BCUT2D eigenvalue weighted by Crippen LogP contribution is -2.44. The highest BCUT2D eigenvalue weighted by molar-refractivity contribution is 9.10. The number of halogens is 2. The van der Waals surface area contributed by atoms with Gasteiger partial charge in [-0.1, -0.05) is 33.8 Å². The van der Waals surface area contributed by atoms with Gasteiger partial charge in [-0.3, -0.25) is 14.4 Å². The van der Waals surface area contributed by atoms with Crippen LogP contribution in [0.25, 0.3) is 0 Å². The summed E-state index contributed by atoms with van der Waals surface area (Å²) in [6.07, 6.45) is 0. The third-order valence-corrected chi connectivity index (χ3v) is 7.83. The molecular weight excluding hydrogens is 602 g/mol. The standard InChI is InChI=1S/C24H21Br2N3O5S/c1-12-8-14(5-6-16(12)25)28-19(30)11-35-23-15(10-27)20(21(22(31)29-23)24(32)34-3)13-4-7-18(33-2)17(26)9-13/h4-9,20-21H,11H2,1-3H3,(H,28,30)(H,29,31)/t20-,21+/m0/s1. The fourth-order valence-electron chi connectivity index (χ4n) is 3.61. The Morgan fingerprint density at radius 1 is 1.17 bits per heavy atom. The Hall–Kier alpha value is -2.81. The Morgan fingerprint density at radius 2 is 1.91 bits per heavy atom. The summed E-state index contributed by atoms with van der Waals surface area (Å²) in [5.41, 5.74) is 2.30. The lowest BCUT2D eigenvalue weighted by molar-refractivity contribution is -0.150. The fourth-order valence-corrected chi connectivity index (χ4v) is 5.27. The third kappa shape index (κ3) is 6.07. The van der Waals surface area contributed by atoms with Crippen LogP contribution < -0.4 is 15.4 Å². The molecule has 0 aromatic heterocycles. The maximum Gasteiger partial charge on any atom is 0.319 e. The SMILES string of the molecule is COC(=O)[C@H]1C(=O)NC(SCC(=O)Nc2ccc(Br)c(C)c2)=C(C#N)[C@@H]1c1ccc(OC)c(Br)c1. The average Bonchev–Trinajstić information content (AvgIpc) is 2.84. The second kappa shape index (κ2) is 11.7. The Labute approximate surface area is 223 Å². The molecule has 182 valence electrons. The number of allylic oxidation sites excluding steroid dienone is 1. The van der Waals surface area contributed by atoms with E-state index in [-0.39, 0.29) is 22.3 Å². The lowest BCUT2D eigenvalue weighted by Gasteiger charge is -2.31. The van der Waals surface area contributed by atoms with Crippen molar-refractivity contribution in [3.63, 3.8) is 0 Å². The Bertz CT molecular complexity index is 1260. The number of nitriles is 1. The van der Waals surface area contributed by atoms with Crippen molar-refractivity contribution in [1.29, 1.82) is 5.26 Å². The summed E-state index contributed by atoms with van der Waals surface area (Å²) in [6, 6.07) is 12.6. The molecule has 35 heavy (non-hydrogen) atoms. The number of thioether (sulfide) groups is 1. The first kappa shape index (κ1) is 26.8. The average molecular weight is 623 g/mol. The number of nitrogens with one attached hydrogen (secondary N) is 2. The van der Waals surface area contributed by atoms with Gasteiger partial charge in [0.2, 0.25) is 11.8 Å². The third-order valence-electron chi connectivity index (χ3n) is 5.31. The van der Waals surface area contributed by atoms with Gasteiger partial charge in [0, 0.05) is 16.1 Å². The van der Waals surface area contributed by atoms with Crippen LogP contribution >= 0.6 is 43.6 Å². The van der Waals surface area contributed by atoms with Gasteiger partial charge in [0.25, 0.3) is 0 Å². The van der Waals surface area contributed by atoms with Gasteiger partial charge in [-0.15, -0.1) is 0 Å². The highest BCUT2D eigenvalue weighted by atomic mass is 79.9. The minimum atomic E-state index is -1.26. The number of amides is 2. The van der Waals surface area contributed by atoms with Crippen LogP contribution in [0.15, 0.2) is 55.9 Å². The number of benzene rings is 2. The molecule has 0 bridgehead atoms. The molecule has 2 aromatic rings. The van der Waals surface area contributed by atoms with Gasteiger partial charge in [0.1, 0.15) is 11.7 Å². The molecule has 1 heterocycles. The second-order valence-electron chi connectivity index (χ2n) is 7.52. The molecule has 2 atom stereocenters. The smallest absolute Gasteiger partial charge is 0.319 e. The molecule has 0 unspecified atom stereocenters. The largest absolute Gasteiger partial charge is 0.496 e. The van der Waals surface area contributed by atoms with E-state index in [1.807, 2.05) is 19.1 Å². The number of carbonyl (C=O) groups excluding carboxylic acids is 3. The van der Waals surface area contributed by atoms with E-state index in [0.717, 1.165) is 21.8 Å². The molecule has 3 rings (SSSR count). The summed E-state index contributed by atoms with van der Waals surface area (Å²) in [5, 5.41) is 15.6. The molecule has 2 aromatic carbocycles. The number of carbonyl (C=O) groups is 3. The molecule has 0 aliphatic carbocycles. The van der Waals surface area contributed by atoms with Crippen LogP contribution in [0, 0.1) is 24.2 Å². The van der Waals surface area contributed by atoms with Crippen molar-refractivity contribution in [1.82, 2.24) is 5.32 Å². The number of hydrogen-bond donors (Lipinski definition) is 2. The molecule has 0 fully saturated rings. The number of nitrogens with zero attached hydrogens (tertiary/aromatic N) is 1. The van der Waals surface area contributed by atoms with Crippen LogP contribution in [0.5, 0.6) is 5.75 Å². The molecule has 8 nitrogen and oxygen atoms in total. The highest BCUT2D eigenvalue weighted by Crippen LogP contribution is 2.42. The number of hydrogen-bond acceptors (Lipinski definition) is 7. The maximum atomic E-state index is 13.0. The predicted octanol–water partition coefficient (Wildman–Crippen LogP) is 4.64. The van der Waals surface area contributed by atoms with E-state index >= 15 is 0 Å². The van der Waals surface area contributed by atoms with E-state index in [9.17, 15) is 19.6 Å². The van der Waals surface area contributed by atoms with Gasteiger partial charge < -0.3 is 20.1 Å². The van der Waals surface area contributed by atoms with Crippen molar-refractivity contribution in [2.75, 3.05) is 25.3 Å². The van der Waals surface area contributed by atoms with Crippen LogP contribution in [0.1, 0.15) is 17.0 Å². The summed E-state index contributed by atoms with van der Waals surface area (Å²) in [6.45, 7) is 1.91. The zero-order valence-electron chi connectivity index (χ0n) is 19.0. The maximum absolute atomic E-state index is 13.0. The summed E-state index contributed by atoms with van der Waals surface area (Å²) in [5.74, 6) is -3.35. The van der Waals surface area contributed by atoms with Crippen molar-refractivity contribution in [3.05, 3.63) is 67.1 Å². The van der Waals surface area contributed by atoms with Gasteiger partial charge in [-0.05, 0) is 64.3 Å². The van der Waals surface area contributed by atoms with E-state index in [1.54, 1.807) is 24.3 Å². The van der Waals surface area contributed by atoms with Gasteiger partial charge in [0.15, 0.2) is 0 Å². The molecule has 0 radical (unpaired) electrons. The van der Waals surface area contributed by atoms with Crippen molar-refractivity contribution >= 4 is 67.1 Å². The second-order valence-corrected chi connectivity index (χ2v) is 10.2. The Morgan fingerprint density at radius 3 is 2.51 bits per heavy atom. The van der Waals surface area contributed by atoms with Crippen molar-refractivity contribution in [2.24, 2.45) is 5.92 Å². The van der Waals surface area contributed by atoms with Crippen LogP contribution in [-0.4, -0.2) is 37.8 Å². The number of esters is 1. The molecule has 0 saturated heterocycles. The first-order valence-corrected chi connectivity index (χ1v) is 12.8. The summed E-state index contributed by atoms with van der Waals surface area (Å²) in [4.78, 5) is 38.0. The van der Waals surface area contributed by atoms with Crippen LogP contribution in [0.3, 0.4) is 0 Å². The molecule has 2 N–H and O–H groups in total. The summed E-state index contributed by atoms with van der Waals surface area (Å²) in [7, 11) is 2.70. The number of rotatable bonds is 7. The van der Waals surface area contributed by atoms with Gasteiger partial charge in [-0.2, -0.15) is 5.26 Å². The van der Waals surface area contributed by atoms with E-state index in [0.29, 0.717) is 21.5 Å². The van der Waals surface area contributed by atoms with Gasteiger partial charge >= 0.3 is 5.97 Å². The van der Waals surface area contributed by atoms with Crippen molar-refractivity contribution in [2.45, 2.75) is 12.8 Å². The van der Waals surface area contributed by atoms with Crippen molar-refractivity contribution < 1.29 is 23.9 Å². The van der Waals surface area contributed by atoms with E-state index < -0.39 is 23.7 Å². The normalized spacial score (nSPS) is 17.3. The predicted molar refractivity (Wildman–Crippen MR) is 140 cm³/mol. The van der Waals surface area contributed by atoms with Crippen LogP contribution in [0.2, 0.25) is 0 Å². The topological polar surface area (TPSA) is 118 Å². The first-order valence-electron chi connectivity index (χ1n) is 10.2. The molecular formula is C24H21Br2N3O5S. The number of aryl methyl sites for hydroxylation is 1. The summed E-state index contributed by atoms with van der Waals surface area (Å²) >= 11 is 7.84. The molecule has 11 heteroatoms. The van der Waals surface area contributed by atoms with E-state index in [4.69, 9.17) is 9.47 Å². The number of ether oxygens (including phenoxy) is 2. The lowest BCUT2D eigenvalue weighted by atomic mass is 9.78. The molecule has 2 amide bonds. The number of methoxy groups -OCH3 is 2. The molecule has 0 spiro atoms. The highest BCUT2D eigenvalue weighted by Gasteiger charge is 2.44. The Balaban J connectivity index is 1.91. The van der Waals surface area contributed by atoms with E-state index in [2.05, 4.69) is 48.6 Å². The molecule has 0 saturated carbocycles. The number of anilines is 1. The fraction of sp³-hybridized carbons (Fsp3) is 0.250. The quantitative estimate of drug-likeness (QED) is 0.341. The van der Waals surface area contributed by atoms with Crippen LogP contribution in [0.4, 0.5) is 5.69 Å². The van der Waals surface area contributed by atoms with Gasteiger partial charge in [0.05, 0.1) is 41.1 Å².